The molecule has 2 amide bonds. The fourth-order valence-electron chi connectivity index (χ4n) is 3.08. The number of amides is 2. The van der Waals surface area contributed by atoms with Crippen LogP contribution in [-0.4, -0.2) is 28.3 Å². The first-order chi connectivity index (χ1) is 13.6. The van der Waals surface area contributed by atoms with Gasteiger partial charge in [-0.1, -0.05) is 54.4 Å². The lowest BCUT2D eigenvalue weighted by Crippen LogP contribution is -2.53. The molecule has 0 radical (unpaired) electrons. The molecule has 0 heterocycles. The molecular formula is C23H28Cl2N2O2. The number of rotatable bonds is 7. The first kappa shape index (κ1) is 23.2. The molecule has 1 atom stereocenters. The summed E-state index contributed by atoms with van der Waals surface area (Å²) in [6.45, 7) is 8.01. The molecule has 4 nitrogen and oxygen atoms in total. The van der Waals surface area contributed by atoms with E-state index < -0.39 is 6.04 Å². The van der Waals surface area contributed by atoms with Crippen LogP contribution in [0.2, 0.25) is 10.0 Å². The zero-order valence-electron chi connectivity index (χ0n) is 17.3. The predicted molar refractivity (Wildman–Crippen MR) is 119 cm³/mol. The van der Waals surface area contributed by atoms with Crippen molar-refractivity contribution in [2.45, 2.75) is 58.7 Å². The monoisotopic (exact) mass is 434 g/mol. The van der Waals surface area contributed by atoms with E-state index in [0.29, 0.717) is 23.0 Å². The second kappa shape index (κ2) is 10.1. The Morgan fingerprint density at radius 2 is 1.66 bits per heavy atom. The van der Waals surface area contributed by atoms with Crippen molar-refractivity contribution in [2.24, 2.45) is 0 Å². The van der Waals surface area contributed by atoms with E-state index in [2.05, 4.69) is 5.32 Å². The fourth-order valence-corrected chi connectivity index (χ4v) is 3.42. The normalized spacial score (nSPS) is 12.3. The van der Waals surface area contributed by atoms with Gasteiger partial charge in [0.2, 0.25) is 11.8 Å². The number of nitrogens with one attached hydrogen (secondary N) is 1. The molecule has 2 aromatic carbocycles. The second-order valence-electron chi connectivity index (χ2n) is 8.12. The molecule has 0 spiro atoms. The third-order valence-electron chi connectivity index (χ3n) is 4.39. The quantitative estimate of drug-likeness (QED) is 0.645. The number of nitrogens with zero attached hydrogens (tertiary/aromatic N) is 1. The van der Waals surface area contributed by atoms with E-state index in [1.165, 1.54) is 0 Å². The molecule has 0 saturated heterocycles. The van der Waals surface area contributed by atoms with Crippen LogP contribution in [0.1, 0.15) is 45.2 Å². The molecule has 0 saturated carbocycles. The molecule has 1 unspecified atom stereocenters. The number of carbonyl (C=O) groups excluding carboxylic acids is 2. The summed E-state index contributed by atoms with van der Waals surface area (Å²) in [4.78, 5) is 27.8. The Morgan fingerprint density at radius 1 is 1.00 bits per heavy atom. The van der Waals surface area contributed by atoms with Gasteiger partial charge in [0.1, 0.15) is 6.04 Å². The van der Waals surface area contributed by atoms with E-state index in [9.17, 15) is 9.59 Å². The average Bonchev–Trinajstić information content (AvgIpc) is 2.61. The van der Waals surface area contributed by atoms with E-state index in [4.69, 9.17) is 23.2 Å². The first-order valence-electron chi connectivity index (χ1n) is 9.69. The van der Waals surface area contributed by atoms with Crippen LogP contribution in [0.4, 0.5) is 0 Å². The van der Waals surface area contributed by atoms with Crippen molar-refractivity contribution < 1.29 is 9.59 Å². The largest absolute Gasteiger partial charge is 0.350 e. The van der Waals surface area contributed by atoms with Gasteiger partial charge in [0.25, 0.3) is 0 Å². The highest BCUT2D eigenvalue weighted by Crippen LogP contribution is 2.18. The van der Waals surface area contributed by atoms with Crippen molar-refractivity contribution in [2.75, 3.05) is 0 Å². The van der Waals surface area contributed by atoms with Gasteiger partial charge in [-0.05, 0) is 62.6 Å². The number of benzene rings is 2. The van der Waals surface area contributed by atoms with Crippen LogP contribution in [-0.2, 0) is 22.6 Å². The molecule has 0 aliphatic carbocycles. The summed E-state index contributed by atoms with van der Waals surface area (Å²) in [7, 11) is 0. The Bertz CT molecular complexity index is 845. The Morgan fingerprint density at radius 3 is 2.21 bits per heavy atom. The minimum atomic E-state index is -0.573. The Labute approximate surface area is 183 Å². The summed E-state index contributed by atoms with van der Waals surface area (Å²) < 4.78 is 0. The maximum atomic E-state index is 13.2. The van der Waals surface area contributed by atoms with Gasteiger partial charge in [0.05, 0.1) is 6.42 Å². The summed E-state index contributed by atoms with van der Waals surface area (Å²) >= 11 is 12.1. The Balaban J connectivity index is 2.30. The molecular weight excluding hydrogens is 407 g/mol. The molecule has 29 heavy (non-hydrogen) atoms. The fraction of sp³-hybridized carbons (Fsp3) is 0.391. The van der Waals surface area contributed by atoms with Crippen LogP contribution < -0.4 is 5.32 Å². The molecule has 156 valence electrons. The summed E-state index contributed by atoms with van der Waals surface area (Å²) in [6, 6.07) is 14.0. The second-order valence-corrected chi connectivity index (χ2v) is 8.99. The Hall–Kier alpha value is -2.04. The third-order valence-corrected chi connectivity index (χ3v) is 4.88. The van der Waals surface area contributed by atoms with E-state index in [-0.39, 0.29) is 23.8 Å². The summed E-state index contributed by atoms with van der Waals surface area (Å²) in [5.41, 5.74) is 1.34. The number of halogens is 2. The number of hydrogen-bond acceptors (Lipinski definition) is 2. The molecule has 2 aromatic rings. The molecule has 1 N–H and O–H groups in total. The number of carbonyl (C=O) groups is 2. The minimum absolute atomic E-state index is 0.127. The van der Waals surface area contributed by atoms with E-state index >= 15 is 0 Å². The van der Waals surface area contributed by atoms with Crippen molar-refractivity contribution in [3.8, 4) is 0 Å². The molecule has 2 rings (SSSR count). The zero-order valence-corrected chi connectivity index (χ0v) is 18.8. The predicted octanol–water partition coefficient (Wildman–Crippen LogP) is 5.26. The summed E-state index contributed by atoms with van der Waals surface area (Å²) in [5, 5.41) is 4.21. The highest BCUT2D eigenvalue weighted by Gasteiger charge is 2.30. The lowest BCUT2D eigenvalue weighted by Gasteiger charge is -2.33. The Kier molecular flexibility index (Phi) is 8.12. The van der Waals surface area contributed by atoms with Gasteiger partial charge in [-0.25, -0.2) is 0 Å². The van der Waals surface area contributed by atoms with Crippen LogP contribution in [0.5, 0.6) is 0 Å². The standard InChI is InChI=1S/C23H28Cl2N2O2/c1-5-20(22(29)26-23(2,3)4)27(15-16-9-11-18(24)12-10-16)21(28)14-17-7-6-8-19(25)13-17/h6-13,20H,5,14-15H2,1-4H3,(H,26,29). The van der Waals surface area contributed by atoms with Crippen molar-refractivity contribution in [1.82, 2.24) is 10.2 Å². The van der Waals surface area contributed by atoms with Crippen LogP contribution in [0, 0.1) is 0 Å². The van der Waals surface area contributed by atoms with E-state index in [1.54, 1.807) is 29.2 Å². The smallest absolute Gasteiger partial charge is 0.243 e. The molecule has 0 aromatic heterocycles. The van der Waals surface area contributed by atoms with Crippen LogP contribution in [0.15, 0.2) is 48.5 Å². The minimum Gasteiger partial charge on any atom is -0.350 e. The first-order valence-corrected chi connectivity index (χ1v) is 10.4. The summed E-state index contributed by atoms with van der Waals surface area (Å²) in [5.74, 6) is -0.286. The van der Waals surface area contributed by atoms with Crippen molar-refractivity contribution in [1.29, 1.82) is 0 Å². The van der Waals surface area contributed by atoms with Crippen molar-refractivity contribution in [3.63, 3.8) is 0 Å². The van der Waals surface area contributed by atoms with E-state index in [0.717, 1.165) is 11.1 Å². The SMILES string of the molecule is CCC(C(=O)NC(C)(C)C)N(Cc1ccc(Cl)cc1)C(=O)Cc1cccc(Cl)c1. The van der Waals surface area contributed by atoms with Gasteiger partial charge >= 0.3 is 0 Å². The van der Waals surface area contributed by atoms with Crippen LogP contribution >= 0.6 is 23.2 Å². The van der Waals surface area contributed by atoms with Crippen LogP contribution in [0.3, 0.4) is 0 Å². The molecule has 6 heteroatoms. The lowest BCUT2D eigenvalue weighted by molar-refractivity contribution is -0.141. The van der Waals surface area contributed by atoms with E-state index in [1.807, 2.05) is 52.0 Å². The van der Waals surface area contributed by atoms with Gasteiger partial charge in [-0.3, -0.25) is 9.59 Å². The highest BCUT2D eigenvalue weighted by atomic mass is 35.5. The maximum Gasteiger partial charge on any atom is 0.243 e. The highest BCUT2D eigenvalue weighted by molar-refractivity contribution is 6.30. The topological polar surface area (TPSA) is 49.4 Å². The molecule has 0 aliphatic rings. The third kappa shape index (κ3) is 7.37. The average molecular weight is 435 g/mol. The molecule has 0 bridgehead atoms. The van der Waals surface area contributed by atoms with Crippen molar-refractivity contribution in [3.05, 3.63) is 69.7 Å². The van der Waals surface area contributed by atoms with Gasteiger partial charge < -0.3 is 10.2 Å². The van der Waals surface area contributed by atoms with Gasteiger partial charge in [0.15, 0.2) is 0 Å². The maximum absolute atomic E-state index is 13.2. The zero-order chi connectivity index (χ0) is 21.6. The number of hydrogen-bond donors (Lipinski definition) is 1. The van der Waals surface area contributed by atoms with Crippen molar-refractivity contribution >= 4 is 35.0 Å². The van der Waals surface area contributed by atoms with Gasteiger partial charge in [-0.2, -0.15) is 0 Å². The van der Waals surface area contributed by atoms with Crippen LogP contribution in [0.25, 0.3) is 0 Å². The summed E-state index contributed by atoms with van der Waals surface area (Å²) in [6.07, 6.45) is 0.685. The van der Waals surface area contributed by atoms with Gasteiger partial charge in [-0.15, -0.1) is 0 Å². The lowest BCUT2D eigenvalue weighted by atomic mass is 10.0. The molecule has 0 aliphatic heterocycles. The molecule has 0 fully saturated rings. The van der Waals surface area contributed by atoms with Gasteiger partial charge in [0, 0.05) is 22.1 Å².